The third-order valence-electron chi connectivity index (χ3n) is 5.13. The second-order valence-corrected chi connectivity index (χ2v) is 8.12. The third kappa shape index (κ3) is 3.82. The molecule has 4 atom stereocenters. The molecule has 0 aromatic heterocycles. The molecule has 1 aliphatic rings. The number of hydrogen-bond acceptors (Lipinski definition) is 2. The minimum Gasteiger partial charge on any atom is -0.378 e. The summed E-state index contributed by atoms with van der Waals surface area (Å²) in [5.74, 6) is 0.323. The Balaban J connectivity index is 2.54. The van der Waals surface area contributed by atoms with Crippen LogP contribution in [0.25, 0.3) is 0 Å². The van der Waals surface area contributed by atoms with Crippen LogP contribution in [0, 0.1) is 11.8 Å². The second-order valence-electron chi connectivity index (χ2n) is 6.96. The molecule has 0 radical (unpaired) electrons. The van der Waals surface area contributed by atoms with Gasteiger partial charge in [-0.2, -0.15) is 0 Å². The fourth-order valence-corrected chi connectivity index (χ4v) is 4.32. The van der Waals surface area contributed by atoms with Gasteiger partial charge >= 0.3 is 0 Å². The Morgan fingerprint density at radius 1 is 1.25 bits per heavy atom. The molecule has 132 valence electrons. The Morgan fingerprint density at radius 2 is 1.83 bits per heavy atom. The molecular formula is C20H28Cl2N2. The van der Waals surface area contributed by atoms with Crippen molar-refractivity contribution < 1.29 is 0 Å². The largest absolute Gasteiger partial charge is 0.378 e. The zero-order valence-corrected chi connectivity index (χ0v) is 16.3. The third-order valence-corrected chi connectivity index (χ3v) is 5.68. The monoisotopic (exact) mass is 366 g/mol. The molecule has 0 bridgehead atoms. The maximum absolute atomic E-state index is 6.39. The molecule has 4 heteroatoms. The molecular weight excluding hydrogens is 339 g/mol. The number of allylic oxidation sites excluding steroid dienone is 2. The topological polar surface area (TPSA) is 25.2 Å². The first-order chi connectivity index (χ1) is 11.4. The summed E-state index contributed by atoms with van der Waals surface area (Å²) in [7, 11) is 4.09. The van der Waals surface area contributed by atoms with Gasteiger partial charge in [-0.25, -0.2) is 0 Å². The highest BCUT2D eigenvalue weighted by Crippen LogP contribution is 2.48. The zero-order chi connectivity index (χ0) is 17.9. The quantitative estimate of drug-likeness (QED) is 0.386. The van der Waals surface area contributed by atoms with Gasteiger partial charge in [0.05, 0.1) is 0 Å². The maximum Gasteiger partial charge on any atom is 0.115 e. The van der Waals surface area contributed by atoms with Crippen LogP contribution in [-0.2, 0) is 5.41 Å². The van der Waals surface area contributed by atoms with Crippen LogP contribution < -0.4 is 10.2 Å². The van der Waals surface area contributed by atoms with E-state index >= 15 is 0 Å². The van der Waals surface area contributed by atoms with Gasteiger partial charge in [0.2, 0.25) is 0 Å². The van der Waals surface area contributed by atoms with E-state index in [4.69, 9.17) is 23.2 Å². The lowest BCUT2D eigenvalue weighted by atomic mass is 9.63. The molecule has 1 N–H and O–H groups in total. The number of nitrogens with one attached hydrogen (secondary N) is 1. The Labute approximate surface area is 156 Å². The van der Waals surface area contributed by atoms with Crippen LogP contribution in [0.5, 0.6) is 0 Å². The predicted molar refractivity (Wildman–Crippen MR) is 107 cm³/mol. The van der Waals surface area contributed by atoms with Crippen molar-refractivity contribution in [2.75, 3.05) is 25.5 Å². The molecule has 1 aliphatic heterocycles. The molecule has 4 unspecified atom stereocenters. The number of halogens is 2. The van der Waals surface area contributed by atoms with E-state index in [9.17, 15) is 0 Å². The number of hydrogen-bond donors (Lipinski definition) is 1. The molecule has 1 heterocycles. The van der Waals surface area contributed by atoms with E-state index in [-0.39, 0.29) is 11.3 Å². The first-order valence-electron chi connectivity index (χ1n) is 8.41. The number of nitrogens with zero attached hydrogens (tertiary/aromatic N) is 1. The van der Waals surface area contributed by atoms with Gasteiger partial charge < -0.3 is 10.2 Å². The summed E-state index contributed by atoms with van der Waals surface area (Å²) in [4.78, 5) is 1.60. The minimum absolute atomic E-state index is 0.0339. The number of benzene rings is 1. The van der Waals surface area contributed by atoms with E-state index in [0.717, 1.165) is 13.0 Å². The van der Waals surface area contributed by atoms with Gasteiger partial charge in [0.15, 0.2) is 0 Å². The van der Waals surface area contributed by atoms with Crippen molar-refractivity contribution >= 4 is 28.9 Å². The summed E-state index contributed by atoms with van der Waals surface area (Å²) in [5, 5.41) is 3.50. The van der Waals surface area contributed by atoms with Gasteiger partial charge in [-0.05, 0) is 30.0 Å². The Morgan fingerprint density at radius 3 is 2.21 bits per heavy atom. The Hall–Kier alpha value is -0.960. The average Bonchev–Trinajstić information content (AvgIpc) is 3.39. The van der Waals surface area contributed by atoms with Crippen LogP contribution in [0.15, 0.2) is 49.6 Å². The van der Waals surface area contributed by atoms with Crippen molar-refractivity contribution in [1.82, 2.24) is 5.32 Å². The van der Waals surface area contributed by atoms with E-state index in [1.165, 1.54) is 11.3 Å². The van der Waals surface area contributed by atoms with Gasteiger partial charge in [0.1, 0.15) is 4.84 Å². The molecule has 2 rings (SSSR count). The summed E-state index contributed by atoms with van der Waals surface area (Å²) < 4.78 is 0. The van der Waals surface area contributed by atoms with Crippen LogP contribution in [0.3, 0.4) is 0 Å². The van der Waals surface area contributed by atoms with Crippen molar-refractivity contribution in [3.05, 3.63) is 55.1 Å². The first-order valence-corrected chi connectivity index (χ1v) is 9.28. The summed E-state index contributed by atoms with van der Waals surface area (Å²) in [5.41, 5.74) is 2.25. The molecule has 24 heavy (non-hydrogen) atoms. The molecule has 0 saturated carbocycles. The van der Waals surface area contributed by atoms with Gasteiger partial charge in [0, 0.05) is 43.7 Å². The predicted octanol–water partition coefficient (Wildman–Crippen LogP) is 4.78. The Kier molecular flexibility index (Phi) is 6.41. The average molecular weight is 367 g/mol. The van der Waals surface area contributed by atoms with Crippen molar-refractivity contribution in [1.29, 1.82) is 0 Å². The molecule has 0 spiro atoms. The minimum atomic E-state index is -0.504. The van der Waals surface area contributed by atoms with Crippen LogP contribution in [0.1, 0.15) is 18.9 Å². The summed E-state index contributed by atoms with van der Waals surface area (Å²) >= 11 is 12.8. The molecule has 0 aliphatic carbocycles. The van der Waals surface area contributed by atoms with E-state index < -0.39 is 4.84 Å². The summed E-state index contributed by atoms with van der Waals surface area (Å²) in [6, 6.07) is 9.08. The van der Waals surface area contributed by atoms with Gasteiger partial charge in [-0.1, -0.05) is 31.2 Å². The molecule has 1 fully saturated rings. The fraction of sp³-hybridized carbons (Fsp3) is 0.500. The normalized spacial score (nSPS) is 21.7. The van der Waals surface area contributed by atoms with Gasteiger partial charge in [0.25, 0.3) is 0 Å². The molecule has 1 saturated heterocycles. The van der Waals surface area contributed by atoms with Gasteiger partial charge in [-0.3, -0.25) is 0 Å². The Bertz CT molecular complexity index is 564. The zero-order valence-electron chi connectivity index (χ0n) is 14.8. The molecule has 2 nitrogen and oxygen atoms in total. The number of anilines is 1. The maximum atomic E-state index is 6.39. The van der Waals surface area contributed by atoms with Crippen molar-refractivity contribution in [2.45, 2.75) is 29.6 Å². The van der Waals surface area contributed by atoms with Crippen molar-refractivity contribution in [2.24, 2.45) is 11.8 Å². The fourth-order valence-electron chi connectivity index (χ4n) is 3.67. The second kappa shape index (κ2) is 7.95. The van der Waals surface area contributed by atoms with Crippen molar-refractivity contribution in [3.63, 3.8) is 0 Å². The highest BCUT2D eigenvalue weighted by molar-refractivity contribution is 6.44. The van der Waals surface area contributed by atoms with E-state index in [1.807, 2.05) is 26.2 Å². The smallest absolute Gasteiger partial charge is 0.115 e. The van der Waals surface area contributed by atoms with Crippen LogP contribution in [-0.4, -0.2) is 31.5 Å². The molecule has 1 aromatic carbocycles. The van der Waals surface area contributed by atoms with Crippen molar-refractivity contribution in [3.8, 4) is 0 Å². The first kappa shape index (κ1) is 19.4. The summed E-state index contributed by atoms with van der Waals surface area (Å²) in [6.45, 7) is 11.2. The lowest BCUT2D eigenvalue weighted by Gasteiger charge is -2.42. The van der Waals surface area contributed by atoms with E-state index in [1.54, 1.807) is 0 Å². The lowest BCUT2D eigenvalue weighted by Crippen LogP contribution is -2.45. The van der Waals surface area contributed by atoms with Gasteiger partial charge in [-0.15, -0.1) is 36.4 Å². The highest BCUT2D eigenvalue weighted by atomic mass is 35.5. The number of alkyl halides is 2. The number of rotatable bonds is 9. The molecule has 1 aromatic rings. The van der Waals surface area contributed by atoms with Crippen LogP contribution >= 0.6 is 23.2 Å². The molecule has 0 amide bonds. The lowest BCUT2D eigenvalue weighted by molar-refractivity contribution is 0.272. The van der Waals surface area contributed by atoms with Crippen LogP contribution in [0.2, 0.25) is 0 Å². The highest BCUT2D eigenvalue weighted by Gasteiger charge is 2.52. The van der Waals surface area contributed by atoms with E-state index in [0.29, 0.717) is 12.0 Å². The standard InChI is InChI=1S/C20H28Cl2N2/c1-6-14(3)12-20(18-13-23-18,17(7-2)19(21)22)15-8-10-16(11-9-15)24(4)5/h6-11,14,17-19,23H,1-2,12-13H2,3-5H3. The van der Waals surface area contributed by atoms with E-state index in [2.05, 4.69) is 54.6 Å². The SMILES string of the molecule is C=CC(C)CC(c1ccc(N(C)C)cc1)(C1CN1)C(C=C)C(Cl)Cl. The summed E-state index contributed by atoms with van der Waals surface area (Å²) in [6.07, 6.45) is 4.85. The van der Waals surface area contributed by atoms with Crippen LogP contribution in [0.4, 0.5) is 5.69 Å².